The van der Waals surface area contributed by atoms with Crippen LogP contribution in [0.3, 0.4) is 0 Å². The van der Waals surface area contributed by atoms with Gasteiger partial charge in [-0.05, 0) is 36.1 Å². The molecule has 1 aromatic heterocycles. The Hall–Kier alpha value is -1.82. The minimum Gasteiger partial charge on any atom is -0.493 e. The number of hydrogen-bond acceptors (Lipinski definition) is 6. The Morgan fingerprint density at radius 3 is 2.55 bits per heavy atom. The summed E-state index contributed by atoms with van der Waals surface area (Å²) in [5, 5.41) is 10.8. The molecular weight excluding hydrogens is 298 g/mol. The molecule has 0 fully saturated rings. The van der Waals surface area contributed by atoms with Crippen molar-refractivity contribution in [3.8, 4) is 11.5 Å². The highest BCUT2D eigenvalue weighted by molar-refractivity contribution is 7.15. The molecule has 6 heteroatoms. The molecule has 2 heterocycles. The number of methoxy groups -OCH3 is 2. The first-order chi connectivity index (χ1) is 10.7. The van der Waals surface area contributed by atoms with Gasteiger partial charge in [-0.3, -0.25) is 0 Å². The minimum absolute atomic E-state index is 0.784. The molecule has 1 aromatic carbocycles. The van der Waals surface area contributed by atoms with Crippen molar-refractivity contribution in [2.45, 2.75) is 32.7 Å². The first-order valence-corrected chi connectivity index (χ1v) is 8.38. The standard InChI is InChI=1S/C16H21N3O2S/c1-4-5-15-17-18-16(22-15)19-7-6-11-8-13(20-2)14(21-3)9-12(11)10-19/h8-9H,4-7,10H2,1-3H3. The van der Waals surface area contributed by atoms with Gasteiger partial charge in [-0.1, -0.05) is 18.3 Å². The van der Waals surface area contributed by atoms with E-state index < -0.39 is 0 Å². The molecule has 0 N–H and O–H groups in total. The number of aryl methyl sites for hydroxylation is 1. The SMILES string of the molecule is CCCc1nnc(N2CCc3cc(OC)c(OC)cc3C2)s1. The Kier molecular flexibility index (Phi) is 4.47. The Bertz CT molecular complexity index is 657. The maximum Gasteiger partial charge on any atom is 0.208 e. The lowest BCUT2D eigenvalue weighted by Gasteiger charge is -2.28. The van der Waals surface area contributed by atoms with Crippen LogP contribution in [0.25, 0.3) is 0 Å². The van der Waals surface area contributed by atoms with E-state index in [-0.39, 0.29) is 0 Å². The number of hydrogen-bond donors (Lipinski definition) is 0. The van der Waals surface area contributed by atoms with E-state index in [4.69, 9.17) is 9.47 Å². The Morgan fingerprint density at radius 2 is 1.86 bits per heavy atom. The predicted octanol–water partition coefficient (Wildman–Crippen LogP) is 3.07. The summed E-state index contributed by atoms with van der Waals surface area (Å²) in [7, 11) is 3.35. The van der Waals surface area contributed by atoms with Crippen LogP contribution in [0.5, 0.6) is 11.5 Å². The van der Waals surface area contributed by atoms with Crippen LogP contribution in [-0.2, 0) is 19.4 Å². The molecule has 5 nitrogen and oxygen atoms in total. The molecule has 0 atom stereocenters. The van der Waals surface area contributed by atoms with Gasteiger partial charge in [0, 0.05) is 19.5 Å². The Balaban J connectivity index is 1.83. The highest BCUT2D eigenvalue weighted by Crippen LogP contribution is 2.35. The zero-order valence-corrected chi connectivity index (χ0v) is 14.1. The Morgan fingerprint density at radius 1 is 1.14 bits per heavy atom. The van der Waals surface area contributed by atoms with E-state index in [0.717, 1.165) is 54.0 Å². The van der Waals surface area contributed by atoms with Crippen molar-refractivity contribution in [3.05, 3.63) is 28.3 Å². The van der Waals surface area contributed by atoms with Crippen molar-refractivity contribution in [3.63, 3.8) is 0 Å². The number of fused-ring (bicyclic) bond motifs is 1. The lowest BCUT2D eigenvalue weighted by Crippen LogP contribution is -2.30. The molecule has 22 heavy (non-hydrogen) atoms. The molecule has 118 valence electrons. The summed E-state index contributed by atoms with van der Waals surface area (Å²) in [6, 6.07) is 4.17. The summed E-state index contributed by atoms with van der Waals surface area (Å²) in [5.74, 6) is 1.59. The highest BCUT2D eigenvalue weighted by atomic mass is 32.1. The van der Waals surface area contributed by atoms with Crippen molar-refractivity contribution in [2.75, 3.05) is 25.7 Å². The van der Waals surface area contributed by atoms with Crippen LogP contribution in [0.4, 0.5) is 5.13 Å². The van der Waals surface area contributed by atoms with Crippen LogP contribution in [0, 0.1) is 0 Å². The van der Waals surface area contributed by atoms with E-state index in [1.165, 1.54) is 11.1 Å². The van der Waals surface area contributed by atoms with E-state index in [0.29, 0.717) is 0 Å². The molecule has 1 aliphatic heterocycles. The molecule has 2 aromatic rings. The molecule has 0 aliphatic carbocycles. The number of ether oxygens (including phenoxy) is 2. The second-order valence-corrected chi connectivity index (χ2v) is 6.42. The molecule has 0 radical (unpaired) electrons. The molecule has 0 amide bonds. The fourth-order valence-electron chi connectivity index (χ4n) is 2.73. The third-order valence-corrected chi connectivity index (χ3v) is 4.95. The third-order valence-electron chi connectivity index (χ3n) is 3.91. The molecule has 0 bridgehead atoms. The molecule has 0 saturated carbocycles. The van der Waals surface area contributed by atoms with Gasteiger partial charge in [0.1, 0.15) is 5.01 Å². The maximum atomic E-state index is 5.41. The van der Waals surface area contributed by atoms with Crippen LogP contribution in [0.15, 0.2) is 12.1 Å². The van der Waals surface area contributed by atoms with Gasteiger partial charge in [0.05, 0.1) is 14.2 Å². The fourth-order valence-corrected chi connectivity index (χ4v) is 3.70. The second kappa shape index (κ2) is 6.52. The Labute approximate surface area is 134 Å². The average Bonchev–Trinajstić information content (AvgIpc) is 3.02. The second-order valence-electron chi connectivity index (χ2n) is 5.38. The summed E-state index contributed by atoms with van der Waals surface area (Å²) in [6.45, 7) is 3.97. The van der Waals surface area contributed by atoms with E-state index in [2.05, 4.69) is 34.2 Å². The molecular formula is C16H21N3O2S. The first kappa shape index (κ1) is 15.1. The molecule has 0 spiro atoms. The zero-order valence-electron chi connectivity index (χ0n) is 13.3. The minimum atomic E-state index is 0.784. The monoisotopic (exact) mass is 319 g/mol. The average molecular weight is 319 g/mol. The van der Waals surface area contributed by atoms with Crippen LogP contribution in [-0.4, -0.2) is 31.0 Å². The van der Waals surface area contributed by atoms with Gasteiger partial charge in [0.15, 0.2) is 11.5 Å². The third kappa shape index (κ3) is 2.88. The zero-order chi connectivity index (χ0) is 15.5. The molecule has 0 unspecified atom stereocenters. The van der Waals surface area contributed by atoms with E-state index in [1.807, 2.05) is 0 Å². The van der Waals surface area contributed by atoms with Crippen LogP contribution >= 0.6 is 11.3 Å². The predicted molar refractivity (Wildman–Crippen MR) is 88.2 cm³/mol. The van der Waals surface area contributed by atoms with Gasteiger partial charge in [-0.2, -0.15) is 0 Å². The number of rotatable bonds is 5. The van der Waals surface area contributed by atoms with Crippen molar-refractivity contribution >= 4 is 16.5 Å². The lowest BCUT2D eigenvalue weighted by atomic mass is 9.99. The summed E-state index contributed by atoms with van der Waals surface area (Å²) < 4.78 is 10.8. The van der Waals surface area contributed by atoms with Gasteiger partial charge >= 0.3 is 0 Å². The van der Waals surface area contributed by atoms with E-state index in [1.54, 1.807) is 25.6 Å². The van der Waals surface area contributed by atoms with Crippen LogP contribution in [0.2, 0.25) is 0 Å². The van der Waals surface area contributed by atoms with Crippen LogP contribution < -0.4 is 14.4 Å². The quantitative estimate of drug-likeness (QED) is 0.847. The van der Waals surface area contributed by atoms with Gasteiger partial charge in [-0.25, -0.2) is 0 Å². The fraction of sp³-hybridized carbons (Fsp3) is 0.500. The summed E-state index contributed by atoms with van der Waals surface area (Å²) in [5.41, 5.74) is 2.60. The van der Waals surface area contributed by atoms with E-state index >= 15 is 0 Å². The summed E-state index contributed by atoms with van der Waals surface area (Å²) in [4.78, 5) is 2.30. The normalized spacial score (nSPS) is 13.9. The largest absolute Gasteiger partial charge is 0.493 e. The van der Waals surface area contributed by atoms with Crippen molar-refractivity contribution in [2.24, 2.45) is 0 Å². The lowest BCUT2D eigenvalue weighted by molar-refractivity contribution is 0.353. The molecule has 1 aliphatic rings. The number of anilines is 1. The highest BCUT2D eigenvalue weighted by Gasteiger charge is 2.21. The topological polar surface area (TPSA) is 47.5 Å². The van der Waals surface area contributed by atoms with Gasteiger partial charge < -0.3 is 14.4 Å². The number of nitrogens with zero attached hydrogens (tertiary/aromatic N) is 3. The van der Waals surface area contributed by atoms with Gasteiger partial charge in [-0.15, -0.1) is 10.2 Å². The molecule has 0 saturated heterocycles. The smallest absolute Gasteiger partial charge is 0.208 e. The van der Waals surface area contributed by atoms with Crippen molar-refractivity contribution in [1.29, 1.82) is 0 Å². The van der Waals surface area contributed by atoms with E-state index in [9.17, 15) is 0 Å². The van der Waals surface area contributed by atoms with Gasteiger partial charge in [0.2, 0.25) is 5.13 Å². The number of benzene rings is 1. The summed E-state index contributed by atoms with van der Waals surface area (Å²) >= 11 is 1.70. The maximum absolute atomic E-state index is 5.41. The van der Waals surface area contributed by atoms with Crippen molar-refractivity contribution < 1.29 is 9.47 Å². The molecule has 3 rings (SSSR count). The summed E-state index contributed by atoms with van der Waals surface area (Å²) in [6.07, 6.45) is 3.10. The number of aromatic nitrogens is 2. The first-order valence-electron chi connectivity index (χ1n) is 7.56. The van der Waals surface area contributed by atoms with Crippen LogP contribution in [0.1, 0.15) is 29.5 Å². The van der Waals surface area contributed by atoms with Crippen molar-refractivity contribution in [1.82, 2.24) is 10.2 Å². The van der Waals surface area contributed by atoms with Gasteiger partial charge in [0.25, 0.3) is 0 Å².